The van der Waals surface area contributed by atoms with Gasteiger partial charge in [-0.05, 0) is 12.8 Å². The average Bonchev–Trinajstić information content (AvgIpc) is 2.35. The summed E-state index contributed by atoms with van der Waals surface area (Å²) in [5, 5.41) is 14.9. The Kier molecular flexibility index (Phi) is 6.27. The van der Waals surface area contributed by atoms with E-state index in [1.807, 2.05) is 13.1 Å². The predicted molar refractivity (Wildman–Crippen MR) is 67.1 cm³/mol. The van der Waals surface area contributed by atoms with Crippen LogP contribution < -0.4 is 10.6 Å². The van der Waals surface area contributed by atoms with Gasteiger partial charge >= 0.3 is 0 Å². The van der Waals surface area contributed by atoms with Gasteiger partial charge in [-0.15, -0.1) is 0 Å². The van der Waals surface area contributed by atoms with Crippen molar-refractivity contribution in [2.24, 2.45) is 0 Å². The van der Waals surface area contributed by atoms with E-state index in [1.165, 1.54) is 0 Å². The van der Waals surface area contributed by atoms with Gasteiger partial charge in [0.2, 0.25) is 0 Å². The lowest BCUT2D eigenvalue weighted by Gasteiger charge is -2.09. The number of methoxy groups -OCH3 is 1. The molecule has 0 unspecified atom stereocenters. The zero-order chi connectivity index (χ0) is 12.5. The third-order valence-corrected chi connectivity index (χ3v) is 2.19. The summed E-state index contributed by atoms with van der Waals surface area (Å²) in [6, 6.07) is 1.85. The summed E-state index contributed by atoms with van der Waals surface area (Å²) in [6.07, 6.45) is 1.71. The van der Waals surface area contributed by atoms with Crippen molar-refractivity contribution in [3.05, 3.63) is 11.9 Å². The van der Waals surface area contributed by atoms with Crippen LogP contribution in [-0.2, 0) is 11.3 Å². The van der Waals surface area contributed by atoms with Gasteiger partial charge in [-0.25, -0.2) is 9.97 Å². The third-order valence-electron chi connectivity index (χ3n) is 2.19. The Labute approximate surface area is 101 Å². The molecule has 3 N–H and O–H groups in total. The molecule has 96 valence electrons. The maximum absolute atomic E-state index is 8.68. The van der Waals surface area contributed by atoms with E-state index in [0.29, 0.717) is 12.4 Å². The smallest absolute Gasteiger partial charge is 0.158 e. The maximum Gasteiger partial charge on any atom is 0.158 e. The van der Waals surface area contributed by atoms with Gasteiger partial charge < -0.3 is 20.5 Å². The number of unbranched alkanes of at least 4 members (excludes halogenated alkanes) is 1. The molecule has 0 aliphatic carbocycles. The summed E-state index contributed by atoms with van der Waals surface area (Å²) < 4.78 is 5.01. The van der Waals surface area contributed by atoms with Crippen molar-refractivity contribution in [1.29, 1.82) is 0 Å². The Morgan fingerprint density at radius 1 is 1.29 bits per heavy atom. The number of nitrogens with zero attached hydrogens (tertiary/aromatic N) is 2. The Balaban J connectivity index is 2.59. The van der Waals surface area contributed by atoms with Crippen LogP contribution in [0.3, 0.4) is 0 Å². The molecule has 1 rings (SSSR count). The van der Waals surface area contributed by atoms with Crippen LogP contribution in [0.1, 0.15) is 18.7 Å². The first-order chi connectivity index (χ1) is 8.30. The standard InChI is InChI=1S/C11H20N4O2/c1-12-9-7-10(13-5-3-4-6-16)15-11(14-9)8-17-2/h7,16H,3-6,8H2,1-2H3,(H2,12,13,14,15). The number of aromatic nitrogens is 2. The average molecular weight is 240 g/mol. The lowest BCUT2D eigenvalue weighted by molar-refractivity contribution is 0.178. The first kappa shape index (κ1) is 13.7. The minimum absolute atomic E-state index is 0.224. The first-order valence-corrected chi connectivity index (χ1v) is 5.69. The number of hydrogen-bond donors (Lipinski definition) is 3. The number of rotatable bonds is 8. The summed E-state index contributed by atoms with van der Waals surface area (Å²) >= 11 is 0. The van der Waals surface area contributed by atoms with Crippen LogP contribution >= 0.6 is 0 Å². The number of ether oxygens (including phenoxy) is 1. The molecule has 0 amide bonds. The van der Waals surface area contributed by atoms with E-state index in [1.54, 1.807) is 7.11 Å². The monoisotopic (exact) mass is 240 g/mol. The second kappa shape index (κ2) is 7.81. The van der Waals surface area contributed by atoms with Crippen molar-refractivity contribution < 1.29 is 9.84 Å². The lowest BCUT2D eigenvalue weighted by Crippen LogP contribution is -2.08. The summed E-state index contributed by atoms with van der Waals surface area (Å²) in [6.45, 7) is 1.40. The molecular formula is C11H20N4O2. The summed E-state index contributed by atoms with van der Waals surface area (Å²) in [5.41, 5.74) is 0. The Hall–Kier alpha value is -1.40. The highest BCUT2D eigenvalue weighted by Gasteiger charge is 2.03. The molecule has 6 nitrogen and oxygen atoms in total. The van der Waals surface area contributed by atoms with Crippen molar-refractivity contribution in [1.82, 2.24) is 9.97 Å². The fourth-order valence-corrected chi connectivity index (χ4v) is 1.36. The molecule has 0 spiro atoms. The number of hydrogen-bond acceptors (Lipinski definition) is 6. The molecule has 0 bridgehead atoms. The molecule has 1 aromatic heterocycles. The largest absolute Gasteiger partial charge is 0.396 e. The molecule has 0 aliphatic rings. The SMILES string of the molecule is CNc1cc(NCCCCO)nc(COC)n1. The molecule has 1 heterocycles. The molecule has 0 aromatic carbocycles. The normalized spacial score (nSPS) is 10.3. The molecular weight excluding hydrogens is 220 g/mol. The second-order valence-corrected chi connectivity index (χ2v) is 3.60. The van der Waals surface area contributed by atoms with Crippen molar-refractivity contribution >= 4 is 11.6 Å². The van der Waals surface area contributed by atoms with E-state index in [-0.39, 0.29) is 6.61 Å². The zero-order valence-corrected chi connectivity index (χ0v) is 10.4. The van der Waals surface area contributed by atoms with Crippen molar-refractivity contribution in [3.63, 3.8) is 0 Å². The van der Waals surface area contributed by atoms with Gasteiger partial charge in [0.05, 0.1) is 0 Å². The molecule has 0 atom stereocenters. The van der Waals surface area contributed by atoms with Crippen molar-refractivity contribution in [2.75, 3.05) is 37.9 Å². The Bertz CT molecular complexity index is 333. The number of nitrogens with one attached hydrogen (secondary N) is 2. The fourth-order valence-electron chi connectivity index (χ4n) is 1.36. The topological polar surface area (TPSA) is 79.3 Å². The molecule has 6 heteroatoms. The van der Waals surface area contributed by atoms with Crippen LogP contribution in [0.4, 0.5) is 11.6 Å². The first-order valence-electron chi connectivity index (χ1n) is 5.69. The molecule has 17 heavy (non-hydrogen) atoms. The summed E-state index contributed by atoms with van der Waals surface area (Å²) in [4.78, 5) is 8.58. The van der Waals surface area contributed by atoms with Gasteiger partial charge in [0.1, 0.15) is 18.2 Å². The van der Waals surface area contributed by atoms with Gasteiger partial charge in [-0.3, -0.25) is 0 Å². The van der Waals surface area contributed by atoms with Gasteiger partial charge in [0.25, 0.3) is 0 Å². The molecule has 0 aliphatic heterocycles. The maximum atomic E-state index is 8.68. The van der Waals surface area contributed by atoms with E-state index in [0.717, 1.165) is 31.0 Å². The Morgan fingerprint density at radius 2 is 2.06 bits per heavy atom. The highest BCUT2D eigenvalue weighted by Crippen LogP contribution is 2.11. The number of aliphatic hydroxyl groups excluding tert-OH is 1. The fraction of sp³-hybridized carbons (Fsp3) is 0.636. The van der Waals surface area contributed by atoms with Crippen LogP contribution in [0.15, 0.2) is 6.07 Å². The van der Waals surface area contributed by atoms with Crippen LogP contribution in [0.5, 0.6) is 0 Å². The van der Waals surface area contributed by atoms with E-state index in [9.17, 15) is 0 Å². The van der Waals surface area contributed by atoms with Crippen molar-refractivity contribution in [2.45, 2.75) is 19.4 Å². The molecule has 0 saturated heterocycles. The molecule has 0 radical (unpaired) electrons. The van der Waals surface area contributed by atoms with Crippen LogP contribution in [0.25, 0.3) is 0 Å². The second-order valence-electron chi connectivity index (χ2n) is 3.60. The van der Waals surface area contributed by atoms with E-state index < -0.39 is 0 Å². The minimum atomic E-state index is 0.224. The van der Waals surface area contributed by atoms with Crippen LogP contribution in [-0.4, -0.2) is 42.4 Å². The zero-order valence-electron chi connectivity index (χ0n) is 10.4. The Morgan fingerprint density at radius 3 is 2.71 bits per heavy atom. The van der Waals surface area contributed by atoms with Crippen LogP contribution in [0, 0.1) is 0 Å². The van der Waals surface area contributed by atoms with Gasteiger partial charge in [0, 0.05) is 33.4 Å². The molecule has 1 aromatic rings. The van der Waals surface area contributed by atoms with E-state index in [4.69, 9.17) is 9.84 Å². The molecule has 0 fully saturated rings. The third kappa shape index (κ3) is 4.97. The summed E-state index contributed by atoms with van der Waals surface area (Å²) in [5.74, 6) is 2.18. The van der Waals surface area contributed by atoms with Gasteiger partial charge in [-0.1, -0.05) is 0 Å². The van der Waals surface area contributed by atoms with Crippen LogP contribution in [0.2, 0.25) is 0 Å². The minimum Gasteiger partial charge on any atom is -0.396 e. The quantitative estimate of drug-likeness (QED) is 0.585. The highest BCUT2D eigenvalue weighted by atomic mass is 16.5. The van der Waals surface area contributed by atoms with Gasteiger partial charge in [0.15, 0.2) is 5.82 Å². The highest BCUT2D eigenvalue weighted by molar-refractivity contribution is 5.47. The van der Waals surface area contributed by atoms with E-state index in [2.05, 4.69) is 20.6 Å². The molecule has 0 saturated carbocycles. The number of aliphatic hydroxyl groups is 1. The van der Waals surface area contributed by atoms with E-state index >= 15 is 0 Å². The number of anilines is 2. The van der Waals surface area contributed by atoms with Crippen molar-refractivity contribution in [3.8, 4) is 0 Å². The lowest BCUT2D eigenvalue weighted by atomic mass is 10.3. The summed E-state index contributed by atoms with van der Waals surface area (Å²) in [7, 11) is 3.43. The van der Waals surface area contributed by atoms with Gasteiger partial charge in [-0.2, -0.15) is 0 Å². The predicted octanol–water partition coefficient (Wildman–Crippen LogP) is 0.849.